The Hall–Kier alpha value is -3.77. The number of likely N-dealkylation sites (tertiary alicyclic amines) is 1. The lowest BCUT2D eigenvalue weighted by atomic mass is 9.94. The predicted octanol–water partition coefficient (Wildman–Crippen LogP) is 4.87. The van der Waals surface area contributed by atoms with Crippen LogP contribution in [0.3, 0.4) is 0 Å². The van der Waals surface area contributed by atoms with Crippen molar-refractivity contribution in [3.05, 3.63) is 75.9 Å². The number of halogens is 3. The van der Waals surface area contributed by atoms with E-state index in [-0.39, 0.29) is 41.4 Å². The third kappa shape index (κ3) is 6.37. The van der Waals surface area contributed by atoms with Crippen LogP contribution in [0.4, 0.5) is 14.6 Å². The molecule has 1 saturated heterocycles. The first-order chi connectivity index (χ1) is 18.1. The zero-order chi connectivity index (χ0) is 27.4. The average Bonchev–Trinajstić information content (AvgIpc) is 3.25. The van der Waals surface area contributed by atoms with Gasteiger partial charge in [0, 0.05) is 42.2 Å². The number of hydrogen-bond donors (Lipinski definition) is 1. The number of benzene rings is 1. The molecule has 2 aromatic heterocycles. The lowest BCUT2D eigenvalue weighted by Crippen LogP contribution is -2.47. The highest BCUT2D eigenvalue weighted by atomic mass is 35.5. The number of hydrogen-bond acceptors (Lipinski definition) is 4. The van der Waals surface area contributed by atoms with E-state index in [1.165, 1.54) is 29.2 Å². The fourth-order valence-electron chi connectivity index (χ4n) is 4.29. The molecule has 0 saturated carbocycles. The molecule has 0 aliphatic carbocycles. The minimum absolute atomic E-state index is 0.0255. The summed E-state index contributed by atoms with van der Waals surface area (Å²) >= 11 is 6.28. The van der Waals surface area contributed by atoms with Gasteiger partial charge in [0.05, 0.1) is 17.8 Å². The molecule has 198 valence electrons. The maximum Gasteiger partial charge on any atom is 0.276 e. The number of alkyl halides is 1. The Morgan fingerprint density at radius 3 is 2.55 bits per heavy atom. The molecule has 0 spiro atoms. The van der Waals surface area contributed by atoms with Gasteiger partial charge in [-0.05, 0) is 49.2 Å². The van der Waals surface area contributed by atoms with Gasteiger partial charge >= 0.3 is 0 Å². The molecule has 4 rings (SSSR count). The molecule has 1 aliphatic heterocycles. The van der Waals surface area contributed by atoms with Crippen LogP contribution in [0.5, 0.6) is 0 Å². The summed E-state index contributed by atoms with van der Waals surface area (Å²) in [6, 6.07) is 7.63. The molecular weight excluding hydrogens is 512 g/mol. The van der Waals surface area contributed by atoms with E-state index < -0.39 is 18.0 Å². The molecule has 1 fully saturated rings. The standard InChI is InChI=1S/C28H28ClF2N5O2/c1-17(2)28(38)35-11-10-21(24(31)16-35)15-36-25(23(29)14-33-36)27(37)34-26-18(3)12-20(13-32-26)5-4-19-6-8-22(30)9-7-19/h6-9,12-14,17,21,24H,10-11,15-16H2,1-3H3,(H,32,34,37)/t21-,24+/m0/s1. The van der Waals surface area contributed by atoms with Crippen molar-refractivity contribution in [1.29, 1.82) is 0 Å². The van der Waals surface area contributed by atoms with E-state index in [9.17, 15) is 18.4 Å². The highest BCUT2D eigenvalue weighted by Gasteiger charge is 2.33. The summed E-state index contributed by atoms with van der Waals surface area (Å²) in [6.07, 6.45) is 2.10. The van der Waals surface area contributed by atoms with Crippen molar-refractivity contribution in [1.82, 2.24) is 19.7 Å². The third-order valence-corrected chi connectivity index (χ3v) is 6.68. The third-order valence-electron chi connectivity index (χ3n) is 6.40. The van der Waals surface area contributed by atoms with E-state index in [1.54, 1.807) is 43.9 Å². The molecule has 0 radical (unpaired) electrons. The Kier molecular flexibility index (Phi) is 8.42. The van der Waals surface area contributed by atoms with Crippen molar-refractivity contribution in [3.8, 4) is 11.8 Å². The SMILES string of the molecule is Cc1cc(C#Cc2ccc(F)cc2)cnc1NC(=O)c1c(Cl)cnn1C[C@@H]1CCN(C(=O)C(C)C)C[C@H]1F. The van der Waals surface area contributed by atoms with E-state index in [2.05, 4.69) is 27.2 Å². The summed E-state index contributed by atoms with van der Waals surface area (Å²) in [5, 5.41) is 7.09. The number of piperidine rings is 1. The second-order valence-electron chi connectivity index (χ2n) is 9.63. The Morgan fingerprint density at radius 1 is 1.18 bits per heavy atom. The van der Waals surface area contributed by atoms with Gasteiger partial charge < -0.3 is 10.2 Å². The predicted molar refractivity (Wildman–Crippen MR) is 141 cm³/mol. The van der Waals surface area contributed by atoms with Crippen molar-refractivity contribution >= 4 is 29.2 Å². The molecule has 0 unspecified atom stereocenters. The minimum Gasteiger partial charge on any atom is -0.340 e. The molecule has 1 N–H and O–H groups in total. The quantitative estimate of drug-likeness (QED) is 0.469. The van der Waals surface area contributed by atoms with E-state index >= 15 is 0 Å². The number of nitrogens with one attached hydrogen (secondary N) is 1. The second-order valence-corrected chi connectivity index (χ2v) is 10.0. The van der Waals surface area contributed by atoms with Gasteiger partial charge in [0.1, 0.15) is 23.5 Å². The minimum atomic E-state index is -1.24. The topological polar surface area (TPSA) is 80.1 Å². The van der Waals surface area contributed by atoms with Crippen LogP contribution in [0.2, 0.25) is 5.02 Å². The first-order valence-corrected chi connectivity index (χ1v) is 12.7. The van der Waals surface area contributed by atoms with Gasteiger partial charge in [0.2, 0.25) is 5.91 Å². The summed E-state index contributed by atoms with van der Waals surface area (Å²) in [5.74, 6) is 4.73. The smallest absolute Gasteiger partial charge is 0.276 e. The molecule has 3 heterocycles. The van der Waals surface area contributed by atoms with Crippen molar-refractivity contribution in [2.75, 3.05) is 18.4 Å². The fraction of sp³-hybridized carbons (Fsp3) is 0.357. The van der Waals surface area contributed by atoms with Crippen molar-refractivity contribution in [3.63, 3.8) is 0 Å². The van der Waals surface area contributed by atoms with Crippen LogP contribution < -0.4 is 5.32 Å². The van der Waals surface area contributed by atoms with Gasteiger partial charge in [0.15, 0.2) is 0 Å². The number of pyridine rings is 1. The molecule has 1 aromatic carbocycles. The zero-order valence-corrected chi connectivity index (χ0v) is 22.1. The van der Waals surface area contributed by atoms with Crippen LogP contribution in [0, 0.1) is 36.4 Å². The number of carbonyl (C=O) groups is 2. The van der Waals surface area contributed by atoms with Crippen LogP contribution in [0.15, 0.2) is 42.7 Å². The number of anilines is 1. The summed E-state index contributed by atoms with van der Waals surface area (Å²) in [6.45, 7) is 6.01. The second kappa shape index (κ2) is 11.7. The van der Waals surface area contributed by atoms with E-state index in [0.717, 1.165) is 0 Å². The van der Waals surface area contributed by atoms with Crippen LogP contribution in [0.1, 0.15) is 47.4 Å². The molecule has 38 heavy (non-hydrogen) atoms. The van der Waals surface area contributed by atoms with E-state index in [4.69, 9.17) is 11.6 Å². The molecule has 1 aliphatic rings. The zero-order valence-electron chi connectivity index (χ0n) is 21.3. The van der Waals surface area contributed by atoms with Crippen LogP contribution in [0.25, 0.3) is 0 Å². The van der Waals surface area contributed by atoms with Gasteiger partial charge in [-0.3, -0.25) is 14.3 Å². The average molecular weight is 540 g/mol. The highest BCUT2D eigenvalue weighted by molar-refractivity contribution is 6.34. The molecule has 10 heteroatoms. The monoisotopic (exact) mass is 539 g/mol. The van der Waals surface area contributed by atoms with Gasteiger partial charge in [-0.15, -0.1) is 0 Å². The lowest BCUT2D eigenvalue weighted by molar-refractivity contribution is -0.137. The summed E-state index contributed by atoms with van der Waals surface area (Å²) in [7, 11) is 0. The molecule has 7 nitrogen and oxygen atoms in total. The molecule has 2 atom stereocenters. The first kappa shape index (κ1) is 27.3. The summed E-state index contributed by atoms with van der Waals surface area (Å²) in [5.41, 5.74) is 2.08. The molecule has 2 amide bonds. The van der Waals surface area contributed by atoms with Gasteiger partial charge in [-0.1, -0.05) is 37.3 Å². The number of amides is 2. The number of aryl methyl sites for hydroxylation is 1. The van der Waals surface area contributed by atoms with Gasteiger partial charge in [-0.2, -0.15) is 5.10 Å². The Morgan fingerprint density at radius 2 is 1.89 bits per heavy atom. The number of nitrogens with zero attached hydrogens (tertiary/aromatic N) is 4. The number of carbonyl (C=O) groups excluding carboxylic acids is 2. The Bertz CT molecular complexity index is 1390. The van der Waals surface area contributed by atoms with Crippen molar-refractivity contribution < 1.29 is 18.4 Å². The Labute approximate surface area is 225 Å². The van der Waals surface area contributed by atoms with Crippen LogP contribution >= 0.6 is 11.6 Å². The fourth-order valence-corrected chi connectivity index (χ4v) is 4.52. The molecule has 0 bridgehead atoms. The van der Waals surface area contributed by atoms with Gasteiger partial charge in [-0.25, -0.2) is 13.8 Å². The van der Waals surface area contributed by atoms with Crippen molar-refractivity contribution in [2.24, 2.45) is 11.8 Å². The largest absolute Gasteiger partial charge is 0.340 e. The molecule has 3 aromatic rings. The Balaban J connectivity index is 1.43. The van der Waals surface area contributed by atoms with Gasteiger partial charge in [0.25, 0.3) is 5.91 Å². The highest BCUT2D eigenvalue weighted by Crippen LogP contribution is 2.26. The van der Waals surface area contributed by atoms with E-state index in [0.29, 0.717) is 35.5 Å². The van der Waals surface area contributed by atoms with E-state index in [1.807, 2.05) is 0 Å². The van der Waals surface area contributed by atoms with Crippen LogP contribution in [-0.4, -0.2) is 50.7 Å². The maximum atomic E-state index is 15.0. The first-order valence-electron chi connectivity index (χ1n) is 12.3. The normalized spacial score (nSPS) is 17.2. The maximum absolute atomic E-state index is 15.0. The van der Waals surface area contributed by atoms with Crippen LogP contribution in [-0.2, 0) is 11.3 Å². The number of aromatic nitrogens is 3. The molecular formula is C28H28ClF2N5O2. The number of rotatable bonds is 5. The summed E-state index contributed by atoms with van der Waals surface area (Å²) < 4.78 is 29.4. The lowest BCUT2D eigenvalue weighted by Gasteiger charge is -2.35. The van der Waals surface area contributed by atoms with Crippen molar-refractivity contribution in [2.45, 2.75) is 39.9 Å². The summed E-state index contributed by atoms with van der Waals surface area (Å²) in [4.78, 5) is 31.2.